The first-order chi connectivity index (χ1) is 9.83. The fraction of sp³-hybridized carbons (Fsp3) is 0.125. The lowest BCUT2D eigenvalue weighted by molar-refractivity contribution is 0.953. The highest BCUT2D eigenvalue weighted by molar-refractivity contribution is 5.83. The van der Waals surface area contributed by atoms with Gasteiger partial charge in [0, 0.05) is 30.2 Å². The number of pyridine rings is 2. The Bertz CT molecular complexity index is 765. The number of nitrogens with one attached hydrogen (secondary N) is 2. The zero-order chi connectivity index (χ0) is 13.8. The van der Waals surface area contributed by atoms with Crippen LogP contribution >= 0.6 is 0 Å². The highest BCUT2D eigenvalue weighted by atomic mass is 16.1. The first kappa shape index (κ1) is 12.4. The van der Waals surface area contributed by atoms with Gasteiger partial charge in [0.05, 0.1) is 0 Å². The first-order valence-electron chi connectivity index (χ1n) is 6.59. The highest BCUT2D eigenvalue weighted by Crippen LogP contribution is 2.12. The molecule has 0 saturated heterocycles. The van der Waals surface area contributed by atoms with Crippen molar-refractivity contribution in [1.29, 1.82) is 0 Å². The van der Waals surface area contributed by atoms with E-state index in [1.54, 1.807) is 6.20 Å². The van der Waals surface area contributed by atoms with Gasteiger partial charge in [-0.1, -0.05) is 24.3 Å². The highest BCUT2D eigenvalue weighted by Gasteiger charge is 2.01. The third-order valence-electron chi connectivity index (χ3n) is 3.18. The van der Waals surface area contributed by atoms with Crippen LogP contribution < -0.4 is 10.9 Å². The number of rotatable bonds is 4. The van der Waals surface area contributed by atoms with Crippen molar-refractivity contribution in [3.63, 3.8) is 0 Å². The molecular formula is C16H15N3O. The molecule has 0 aliphatic carbocycles. The van der Waals surface area contributed by atoms with E-state index in [4.69, 9.17) is 0 Å². The van der Waals surface area contributed by atoms with Crippen molar-refractivity contribution in [1.82, 2.24) is 9.97 Å². The summed E-state index contributed by atoms with van der Waals surface area (Å²) in [5, 5.41) is 4.88. The number of benzene rings is 1. The van der Waals surface area contributed by atoms with E-state index in [-0.39, 0.29) is 5.56 Å². The summed E-state index contributed by atoms with van der Waals surface area (Å²) >= 11 is 0. The zero-order valence-electron chi connectivity index (χ0n) is 11.0. The van der Waals surface area contributed by atoms with Crippen LogP contribution in [0.4, 0.5) is 5.82 Å². The van der Waals surface area contributed by atoms with Crippen LogP contribution in [0.1, 0.15) is 5.69 Å². The van der Waals surface area contributed by atoms with Crippen molar-refractivity contribution >= 4 is 16.6 Å². The van der Waals surface area contributed by atoms with Crippen molar-refractivity contribution < 1.29 is 0 Å². The molecule has 0 bridgehead atoms. The Morgan fingerprint density at radius 1 is 1.10 bits per heavy atom. The molecule has 100 valence electrons. The van der Waals surface area contributed by atoms with Crippen LogP contribution in [0.3, 0.4) is 0 Å². The molecule has 0 amide bonds. The van der Waals surface area contributed by atoms with Crippen molar-refractivity contribution in [3.8, 4) is 0 Å². The van der Waals surface area contributed by atoms with E-state index in [0.29, 0.717) is 5.39 Å². The van der Waals surface area contributed by atoms with Crippen LogP contribution in [0.25, 0.3) is 10.8 Å². The van der Waals surface area contributed by atoms with Gasteiger partial charge >= 0.3 is 0 Å². The molecule has 2 aromatic heterocycles. The molecular weight excluding hydrogens is 250 g/mol. The van der Waals surface area contributed by atoms with Gasteiger partial charge in [0.15, 0.2) is 0 Å². The van der Waals surface area contributed by atoms with E-state index in [1.165, 1.54) is 0 Å². The van der Waals surface area contributed by atoms with Gasteiger partial charge in [-0.3, -0.25) is 9.78 Å². The molecule has 3 aromatic rings. The summed E-state index contributed by atoms with van der Waals surface area (Å²) in [5.41, 5.74) is 0.964. The molecule has 0 spiro atoms. The molecule has 2 heterocycles. The minimum absolute atomic E-state index is 0.0663. The minimum atomic E-state index is -0.0663. The van der Waals surface area contributed by atoms with Crippen LogP contribution in [0.5, 0.6) is 0 Å². The van der Waals surface area contributed by atoms with Gasteiger partial charge < -0.3 is 10.3 Å². The summed E-state index contributed by atoms with van der Waals surface area (Å²) in [5.74, 6) is 0.740. The third kappa shape index (κ3) is 2.69. The molecule has 3 rings (SSSR count). The number of aromatic nitrogens is 2. The average Bonchev–Trinajstić information content (AvgIpc) is 2.48. The van der Waals surface area contributed by atoms with Crippen molar-refractivity contribution in [3.05, 3.63) is 70.8 Å². The molecule has 1 aromatic carbocycles. The van der Waals surface area contributed by atoms with E-state index in [0.717, 1.165) is 29.9 Å². The lowest BCUT2D eigenvalue weighted by Gasteiger charge is -2.07. The summed E-state index contributed by atoms with van der Waals surface area (Å²) in [4.78, 5) is 19.0. The number of hydrogen-bond acceptors (Lipinski definition) is 3. The van der Waals surface area contributed by atoms with Crippen LogP contribution in [-0.4, -0.2) is 16.5 Å². The zero-order valence-corrected chi connectivity index (χ0v) is 11.0. The van der Waals surface area contributed by atoms with Crippen molar-refractivity contribution in [2.75, 3.05) is 11.9 Å². The Morgan fingerprint density at radius 3 is 2.80 bits per heavy atom. The van der Waals surface area contributed by atoms with Gasteiger partial charge in [0.25, 0.3) is 5.56 Å². The van der Waals surface area contributed by atoms with Crippen LogP contribution in [0.15, 0.2) is 59.5 Å². The maximum atomic E-state index is 11.9. The van der Waals surface area contributed by atoms with E-state index in [9.17, 15) is 4.79 Å². The van der Waals surface area contributed by atoms with Gasteiger partial charge in [-0.15, -0.1) is 0 Å². The molecule has 0 radical (unpaired) electrons. The second-order valence-corrected chi connectivity index (χ2v) is 4.60. The first-order valence-corrected chi connectivity index (χ1v) is 6.59. The molecule has 0 unspecified atom stereocenters. The Morgan fingerprint density at radius 2 is 1.95 bits per heavy atom. The largest absolute Gasteiger partial charge is 0.371 e. The van der Waals surface area contributed by atoms with E-state index >= 15 is 0 Å². The standard InChI is InChI=1S/C16H15N3O/c20-16-14-7-2-1-5-12(14)11-15(19-16)18-10-8-13-6-3-4-9-17-13/h1-7,9,11H,8,10H2,(H2,18,19,20). The summed E-state index contributed by atoms with van der Waals surface area (Å²) < 4.78 is 0. The molecule has 4 heteroatoms. The van der Waals surface area contributed by atoms with Gasteiger partial charge in [0.1, 0.15) is 5.82 Å². The number of nitrogens with zero attached hydrogens (tertiary/aromatic N) is 1. The number of hydrogen-bond donors (Lipinski definition) is 2. The van der Waals surface area contributed by atoms with E-state index < -0.39 is 0 Å². The molecule has 0 aliphatic rings. The quantitative estimate of drug-likeness (QED) is 0.762. The molecule has 2 N–H and O–H groups in total. The number of H-pyrrole nitrogens is 1. The Hall–Kier alpha value is -2.62. The molecule has 0 atom stereocenters. The molecule has 20 heavy (non-hydrogen) atoms. The number of anilines is 1. The van der Waals surface area contributed by atoms with E-state index in [2.05, 4.69) is 15.3 Å². The Kier molecular flexibility index (Phi) is 3.46. The topological polar surface area (TPSA) is 57.8 Å². The van der Waals surface area contributed by atoms with Crippen LogP contribution in [0.2, 0.25) is 0 Å². The number of fused-ring (bicyclic) bond motifs is 1. The van der Waals surface area contributed by atoms with Gasteiger partial charge in [-0.05, 0) is 29.7 Å². The average molecular weight is 265 g/mol. The predicted molar refractivity (Wildman–Crippen MR) is 81.0 cm³/mol. The maximum absolute atomic E-state index is 11.9. The van der Waals surface area contributed by atoms with Gasteiger partial charge in [-0.2, -0.15) is 0 Å². The summed E-state index contributed by atoms with van der Waals surface area (Å²) in [6, 6.07) is 15.4. The lowest BCUT2D eigenvalue weighted by Crippen LogP contribution is -2.13. The fourth-order valence-electron chi connectivity index (χ4n) is 2.18. The SMILES string of the molecule is O=c1[nH]c(NCCc2ccccn2)cc2ccccc12. The Balaban J connectivity index is 1.73. The second-order valence-electron chi connectivity index (χ2n) is 4.60. The van der Waals surface area contributed by atoms with Crippen molar-refractivity contribution in [2.24, 2.45) is 0 Å². The van der Waals surface area contributed by atoms with Crippen molar-refractivity contribution in [2.45, 2.75) is 6.42 Å². The predicted octanol–water partition coefficient (Wildman–Crippen LogP) is 2.58. The second kappa shape index (κ2) is 5.57. The summed E-state index contributed by atoms with van der Waals surface area (Å²) in [6.07, 6.45) is 2.60. The van der Waals surface area contributed by atoms with Crippen LogP contribution in [-0.2, 0) is 6.42 Å². The summed E-state index contributed by atoms with van der Waals surface area (Å²) in [6.45, 7) is 0.727. The molecule has 0 aliphatic heterocycles. The smallest absolute Gasteiger partial charge is 0.257 e. The lowest BCUT2D eigenvalue weighted by atomic mass is 10.2. The number of aromatic amines is 1. The minimum Gasteiger partial charge on any atom is -0.371 e. The summed E-state index contributed by atoms with van der Waals surface area (Å²) in [7, 11) is 0. The van der Waals surface area contributed by atoms with Gasteiger partial charge in [-0.25, -0.2) is 0 Å². The van der Waals surface area contributed by atoms with Gasteiger partial charge in [0.2, 0.25) is 0 Å². The molecule has 0 saturated carbocycles. The Labute approximate surface area is 116 Å². The van der Waals surface area contributed by atoms with E-state index in [1.807, 2.05) is 48.5 Å². The maximum Gasteiger partial charge on any atom is 0.257 e. The third-order valence-corrected chi connectivity index (χ3v) is 3.18. The monoisotopic (exact) mass is 265 g/mol. The molecule has 4 nitrogen and oxygen atoms in total. The van der Waals surface area contributed by atoms with Crippen LogP contribution in [0, 0.1) is 0 Å². The normalized spacial score (nSPS) is 10.6. The fourth-order valence-corrected chi connectivity index (χ4v) is 2.18. The molecule has 0 fully saturated rings.